The molecule has 1 fully saturated rings. The van der Waals surface area contributed by atoms with Gasteiger partial charge in [-0.1, -0.05) is 6.07 Å². The Hall–Kier alpha value is -2.89. The summed E-state index contributed by atoms with van der Waals surface area (Å²) in [6.07, 6.45) is 7.19. The third kappa shape index (κ3) is 5.06. The lowest BCUT2D eigenvalue weighted by Gasteiger charge is -2.16. The van der Waals surface area contributed by atoms with E-state index < -0.39 is 0 Å². The Bertz CT molecular complexity index is 831. The van der Waals surface area contributed by atoms with Crippen molar-refractivity contribution in [1.29, 1.82) is 0 Å². The summed E-state index contributed by atoms with van der Waals surface area (Å²) in [6.45, 7) is 4.42. The van der Waals surface area contributed by atoms with Crippen molar-refractivity contribution in [2.24, 2.45) is 5.92 Å². The van der Waals surface area contributed by atoms with Crippen LogP contribution in [0, 0.1) is 12.8 Å². The van der Waals surface area contributed by atoms with Crippen molar-refractivity contribution in [3.63, 3.8) is 0 Å². The zero-order chi connectivity index (χ0) is 19.2. The van der Waals surface area contributed by atoms with Gasteiger partial charge in [0.1, 0.15) is 0 Å². The van der Waals surface area contributed by atoms with Crippen LogP contribution in [0.1, 0.15) is 42.9 Å². The number of nitrogens with zero attached hydrogens (tertiary/aromatic N) is 2. The van der Waals surface area contributed by atoms with E-state index in [1.54, 1.807) is 19.4 Å². The molecule has 1 heterocycles. The molecule has 1 aromatic heterocycles. The van der Waals surface area contributed by atoms with Crippen molar-refractivity contribution in [1.82, 2.24) is 15.3 Å². The van der Waals surface area contributed by atoms with Crippen molar-refractivity contribution in [2.45, 2.75) is 32.7 Å². The van der Waals surface area contributed by atoms with Gasteiger partial charge in [-0.25, -0.2) is 9.97 Å². The number of benzene rings is 1. The number of nitrogens with one attached hydrogen (secondary N) is 1. The molecular weight excluding hydrogens is 342 g/mol. The second-order valence-electron chi connectivity index (χ2n) is 6.56. The number of hydrogen-bond acceptors (Lipinski definition) is 5. The molecule has 1 amide bonds. The molecule has 1 aromatic carbocycles. The van der Waals surface area contributed by atoms with Gasteiger partial charge < -0.3 is 14.8 Å². The third-order valence-corrected chi connectivity index (χ3v) is 4.40. The average molecular weight is 367 g/mol. The van der Waals surface area contributed by atoms with Crippen molar-refractivity contribution in [3.8, 4) is 11.5 Å². The molecule has 0 spiro atoms. The summed E-state index contributed by atoms with van der Waals surface area (Å²) in [4.78, 5) is 21.2. The van der Waals surface area contributed by atoms with Gasteiger partial charge in [0.2, 0.25) is 5.91 Å². The predicted octanol–water partition coefficient (Wildman–Crippen LogP) is 3.47. The van der Waals surface area contributed by atoms with Crippen LogP contribution in [-0.2, 0) is 4.79 Å². The molecule has 3 rings (SSSR count). The maximum Gasteiger partial charge on any atom is 0.244 e. The minimum absolute atomic E-state index is 0.142. The molecule has 1 aliphatic rings. The van der Waals surface area contributed by atoms with Gasteiger partial charge in [-0.05, 0) is 62.4 Å². The first kappa shape index (κ1) is 18.9. The highest BCUT2D eigenvalue weighted by Gasteiger charge is 2.35. The normalized spacial score (nSPS) is 14.8. The summed E-state index contributed by atoms with van der Waals surface area (Å²) in [7, 11) is 1.60. The molecule has 6 heteroatoms. The number of amides is 1. The number of rotatable bonds is 8. The summed E-state index contributed by atoms with van der Waals surface area (Å²) in [6, 6.07) is 7.29. The minimum atomic E-state index is -0.162. The predicted molar refractivity (Wildman–Crippen MR) is 104 cm³/mol. The van der Waals surface area contributed by atoms with Gasteiger partial charge in [0, 0.05) is 18.0 Å². The van der Waals surface area contributed by atoms with E-state index in [1.807, 2.05) is 38.1 Å². The molecule has 0 saturated heterocycles. The lowest BCUT2D eigenvalue weighted by Crippen LogP contribution is -2.29. The SMILES string of the molecule is CCOc1ccc(C=CC(=O)NC(c2nccc(C)n2)C2CC2)cc1OC. The monoisotopic (exact) mass is 367 g/mol. The first-order chi connectivity index (χ1) is 13.1. The molecule has 0 bridgehead atoms. The number of aryl methyl sites for hydroxylation is 1. The summed E-state index contributed by atoms with van der Waals surface area (Å²) in [5.41, 5.74) is 1.76. The molecule has 1 atom stereocenters. The van der Waals surface area contributed by atoms with E-state index in [4.69, 9.17) is 9.47 Å². The Kier molecular flexibility index (Phi) is 6.06. The minimum Gasteiger partial charge on any atom is -0.493 e. The molecule has 1 saturated carbocycles. The summed E-state index contributed by atoms with van der Waals surface area (Å²) in [5.74, 6) is 2.26. The quantitative estimate of drug-likeness (QED) is 0.723. The highest BCUT2D eigenvalue weighted by atomic mass is 16.5. The van der Waals surface area contributed by atoms with E-state index in [1.165, 1.54) is 6.08 Å². The fourth-order valence-electron chi connectivity index (χ4n) is 2.88. The Morgan fingerprint density at radius 2 is 2.15 bits per heavy atom. The van der Waals surface area contributed by atoms with Crippen LogP contribution in [-0.4, -0.2) is 29.6 Å². The van der Waals surface area contributed by atoms with Gasteiger partial charge in [0.25, 0.3) is 0 Å². The van der Waals surface area contributed by atoms with Crippen LogP contribution in [0.3, 0.4) is 0 Å². The second-order valence-corrected chi connectivity index (χ2v) is 6.56. The van der Waals surface area contributed by atoms with E-state index in [9.17, 15) is 4.79 Å². The summed E-state index contributed by atoms with van der Waals surface area (Å²) < 4.78 is 10.9. The van der Waals surface area contributed by atoms with Crippen LogP contribution < -0.4 is 14.8 Å². The molecule has 1 N–H and O–H groups in total. The smallest absolute Gasteiger partial charge is 0.244 e. The first-order valence-electron chi connectivity index (χ1n) is 9.19. The fraction of sp³-hybridized carbons (Fsp3) is 0.381. The highest BCUT2D eigenvalue weighted by Crippen LogP contribution is 2.39. The van der Waals surface area contributed by atoms with Crippen LogP contribution >= 0.6 is 0 Å². The third-order valence-electron chi connectivity index (χ3n) is 4.40. The van der Waals surface area contributed by atoms with E-state index in [0.29, 0.717) is 29.8 Å². The molecule has 6 nitrogen and oxygen atoms in total. The molecule has 2 aromatic rings. The fourth-order valence-corrected chi connectivity index (χ4v) is 2.88. The van der Waals surface area contributed by atoms with E-state index >= 15 is 0 Å². The van der Waals surface area contributed by atoms with Gasteiger partial charge in [-0.15, -0.1) is 0 Å². The van der Waals surface area contributed by atoms with Gasteiger partial charge in [0.15, 0.2) is 17.3 Å². The van der Waals surface area contributed by atoms with Crippen molar-refractivity contribution < 1.29 is 14.3 Å². The topological polar surface area (TPSA) is 73.3 Å². The van der Waals surface area contributed by atoms with Crippen LogP contribution in [0.15, 0.2) is 36.5 Å². The number of carbonyl (C=O) groups excluding carboxylic acids is 1. The molecule has 1 unspecified atom stereocenters. The van der Waals surface area contributed by atoms with Gasteiger partial charge in [-0.3, -0.25) is 4.79 Å². The molecule has 1 aliphatic carbocycles. The van der Waals surface area contributed by atoms with Crippen LogP contribution in [0.25, 0.3) is 6.08 Å². The van der Waals surface area contributed by atoms with Crippen LogP contribution in [0.5, 0.6) is 11.5 Å². The van der Waals surface area contributed by atoms with E-state index in [0.717, 1.165) is 24.1 Å². The first-order valence-corrected chi connectivity index (χ1v) is 9.19. The number of ether oxygens (including phenoxy) is 2. The summed E-state index contributed by atoms with van der Waals surface area (Å²) >= 11 is 0. The lowest BCUT2D eigenvalue weighted by molar-refractivity contribution is -0.117. The Morgan fingerprint density at radius 3 is 2.81 bits per heavy atom. The second kappa shape index (κ2) is 8.66. The van der Waals surface area contributed by atoms with Gasteiger partial charge in [0.05, 0.1) is 19.8 Å². The van der Waals surface area contributed by atoms with E-state index in [2.05, 4.69) is 15.3 Å². The van der Waals surface area contributed by atoms with E-state index in [-0.39, 0.29) is 11.9 Å². The number of hydrogen-bond donors (Lipinski definition) is 1. The zero-order valence-corrected chi connectivity index (χ0v) is 15.9. The number of carbonyl (C=O) groups is 1. The lowest BCUT2D eigenvalue weighted by atomic mass is 10.1. The van der Waals surface area contributed by atoms with Crippen molar-refractivity contribution >= 4 is 12.0 Å². The largest absolute Gasteiger partial charge is 0.493 e. The molecule has 0 radical (unpaired) electrons. The molecule has 142 valence electrons. The van der Waals surface area contributed by atoms with Crippen molar-refractivity contribution in [3.05, 3.63) is 53.6 Å². The Morgan fingerprint density at radius 1 is 1.33 bits per heavy atom. The standard InChI is InChI=1S/C21H25N3O3/c1-4-27-17-9-5-15(13-18(17)26-3)6-10-19(25)24-20(16-7-8-16)21-22-12-11-14(2)23-21/h5-6,9-13,16,20H,4,7-8H2,1-3H3,(H,24,25). The zero-order valence-electron chi connectivity index (χ0n) is 15.9. The highest BCUT2D eigenvalue weighted by molar-refractivity contribution is 5.92. The molecule has 0 aliphatic heterocycles. The number of methoxy groups -OCH3 is 1. The number of aromatic nitrogens is 2. The Balaban J connectivity index is 1.69. The Labute approximate surface area is 159 Å². The van der Waals surface area contributed by atoms with Crippen molar-refractivity contribution in [2.75, 3.05) is 13.7 Å². The van der Waals surface area contributed by atoms with Gasteiger partial charge in [-0.2, -0.15) is 0 Å². The maximum absolute atomic E-state index is 12.4. The maximum atomic E-state index is 12.4. The average Bonchev–Trinajstić information content (AvgIpc) is 3.50. The molecular formula is C21H25N3O3. The van der Waals surface area contributed by atoms with Crippen LogP contribution in [0.2, 0.25) is 0 Å². The summed E-state index contributed by atoms with van der Waals surface area (Å²) in [5, 5.41) is 3.05. The van der Waals surface area contributed by atoms with Crippen LogP contribution in [0.4, 0.5) is 0 Å². The molecule has 27 heavy (non-hydrogen) atoms. The van der Waals surface area contributed by atoms with Gasteiger partial charge >= 0.3 is 0 Å².